The van der Waals surface area contributed by atoms with E-state index in [0.29, 0.717) is 37.7 Å². The number of esters is 2. The Labute approximate surface area is 222 Å². The molecule has 0 radical (unpaired) electrons. The van der Waals surface area contributed by atoms with E-state index in [9.17, 15) is 14.4 Å². The summed E-state index contributed by atoms with van der Waals surface area (Å²) in [5.41, 5.74) is 1.44. The second-order valence-corrected chi connectivity index (χ2v) is 9.19. The lowest BCUT2D eigenvalue weighted by atomic mass is 9.95. The van der Waals surface area contributed by atoms with Crippen molar-refractivity contribution in [1.82, 2.24) is 4.57 Å². The molecule has 0 amide bonds. The van der Waals surface area contributed by atoms with Crippen molar-refractivity contribution in [1.29, 1.82) is 0 Å². The first-order valence-corrected chi connectivity index (χ1v) is 12.2. The van der Waals surface area contributed by atoms with Gasteiger partial charge in [0.15, 0.2) is 16.3 Å². The average Bonchev–Trinajstić information content (AvgIpc) is 3.21. The van der Waals surface area contributed by atoms with Crippen LogP contribution in [0.4, 0.5) is 0 Å². The van der Waals surface area contributed by atoms with Gasteiger partial charge in [-0.3, -0.25) is 14.2 Å². The first-order valence-electron chi connectivity index (χ1n) is 11.4. The van der Waals surface area contributed by atoms with Crippen molar-refractivity contribution in [3.05, 3.63) is 78.5 Å². The molecular formula is C27H26N2O8S. The van der Waals surface area contributed by atoms with E-state index in [0.717, 1.165) is 0 Å². The highest BCUT2D eigenvalue weighted by Gasteiger charge is 2.33. The fourth-order valence-corrected chi connectivity index (χ4v) is 5.23. The number of fused-ring (bicyclic) bond motifs is 1. The topological polar surface area (TPSA) is 115 Å². The van der Waals surface area contributed by atoms with Crippen molar-refractivity contribution < 1.29 is 33.3 Å². The van der Waals surface area contributed by atoms with Crippen LogP contribution in [0.1, 0.15) is 31.0 Å². The molecule has 38 heavy (non-hydrogen) atoms. The fourth-order valence-electron chi connectivity index (χ4n) is 4.19. The number of methoxy groups -OCH3 is 4. The molecule has 0 aliphatic carbocycles. The number of carbonyl (C=O) groups is 2. The molecule has 0 bridgehead atoms. The lowest BCUT2D eigenvalue weighted by Crippen LogP contribution is -2.39. The average molecular weight is 539 g/mol. The maximum absolute atomic E-state index is 13.8. The van der Waals surface area contributed by atoms with E-state index in [1.54, 1.807) is 63.6 Å². The summed E-state index contributed by atoms with van der Waals surface area (Å²) in [7, 11) is 5.79. The van der Waals surface area contributed by atoms with E-state index in [1.807, 2.05) is 0 Å². The number of hydrogen-bond donors (Lipinski definition) is 0. The Balaban J connectivity index is 1.97. The Hall–Kier alpha value is -4.38. The molecule has 1 aliphatic rings. The van der Waals surface area contributed by atoms with Crippen molar-refractivity contribution in [3.63, 3.8) is 0 Å². The molecule has 0 fully saturated rings. The van der Waals surface area contributed by atoms with E-state index >= 15 is 0 Å². The maximum atomic E-state index is 13.8. The molecule has 10 nitrogen and oxygen atoms in total. The number of allylic oxidation sites excluding steroid dienone is 1. The summed E-state index contributed by atoms with van der Waals surface area (Å²) in [5.74, 6) is 0.504. The van der Waals surface area contributed by atoms with E-state index in [-0.39, 0.29) is 22.6 Å². The number of ether oxygens (including phenoxy) is 5. The molecule has 2 aromatic carbocycles. The van der Waals surface area contributed by atoms with Gasteiger partial charge in [0.05, 0.1) is 50.3 Å². The van der Waals surface area contributed by atoms with E-state index in [4.69, 9.17) is 23.7 Å². The van der Waals surface area contributed by atoms with Gasteiger partial charge in [0, 0.05) is 12.5 Å². The third-order valence-corrected chi connectivity index (χ3v) is 6.89. The van der Waals surface area contributed by atoms with Crippen molar-refractivity contribution in [2.24, 2.45) is 4.99 Å². The first-order chi connectivity index (χ1) is 18.2. The van der Waals surface area contributed by atoms with E-state index in [2.05, 4.69) is 4.99 Å². The Morgan fingerprint density at radius 1 is 0.974 bits per heavy atom. The standard InChI is InChI=1S/C27H26N2O8S/c1-14-23(26(32)36-6)24(16-7-9-20(37-15(2)30)21(12-16)35-5)29-25(31)22(38-27(29)28-14)13-17-11-18(33-3)8-10-19(17)34-4/h7-13,24H,1-6H3. The minimum atomic E-state index is -0.867. The molecule has 198 valence electrons. The summed E-state index contributed by atoms with van der Waals surface area (Å²) < 4.78 is 28.3. The molecule has 1 atom stereocenters. The highest BCUT2D eigenvalue weighted by atomic mass is 32.1. The highest BCUT2D eigenvalue weighted by Crippen LogP contribution is 2.36. The summed E-state index contributed by atoms with van der Waals surface area (Å²) in [5, 5.41) is 0. The molecule has 1 aromatic heterocycles. The number of aromatic nitrogens is 1. The molecule has 1 unspecified atom stereocenters. The van der Waals surface area contributed by atoms with Crippen molar-refractivity contribution in [3.8, 4) is 23.0 Å². The van der Waals surface area contributed by atoms with Gasteiger partial charge in [-0.1, -0.05) is 17.4 Å². The molecule has 3 aromatic rings. The summed E-state index contributed by atoms with van der Waals surface area (Å²) in [4.78, 5) is 43.2. The normalized spacial score (nSPS) is 14.9. The Morgan fingerprint density at radius 3 is 2.32 bits per heavy atom. The molecule has 0 spiro atoms. The lowest BCUT2D eigenvalue weighted by Gasteiger charge is -2.25. The number of thiazole rings is 1. The van der Waals surface area contributed by atoms with Crippen molar-refractivity contribution >= 4 is 29.4 Å². The third-order valence-electron chi connectivity index (χ3n) is 5.91. The Morgan fingerprint density at radius 2 is 1.68 bits per heavy atom. The summed E-state index contributed by atoms with van der Waals surface area (Å²) in [6.07, 6.45) is 1.70. The van der Waals surface area contributed by atoms with Gasteiger partial charge in [-0.05, 0) is 48.9 Å². The van der Waals surface area contributed by atoms with Gasteiger partial charge in [0.1, 0.15) is 11.5 Å². The van der Waals surface area contributed by atoms with Crippen LogP contribution in [0.25, 0.3) is 6.08 Å². The second kappa shape index (κ2) is 10.9. The molecule has 2 heterocycles. The zero-order valence-electron chi connectivity index (χ0n) is 21.7. The molecule has 11 heteroatoms. The van der Waals surface area contributed by atoms with Gasteiger partial charge >= 0.3 is 11.9 Å². The monoisotopic (exact) mass is 538 g/mol. The lowest BCUT2D eigenvalue weighted by molar-refractivity contribution is -0.136. The molecule has 4 rings (SSSR count). The van der Waals surface area contributed by atoms with Gasteiger partial charge < -0.3 is 23.7 Å². The molecule has 0 saturated heterocycles. The number of carbonyl (C=O) groups excluding carboxylic acids is 2. The summed E-state index contributed by atoms with van der Waals surface area (Å²) >= 11 is 1.18. The zero-order valence-corrected chi connectivity index (χ0v) is 22.5. The smallest absolute Gasteiger partial charge is 0.338 e. The van der Waals surface area contributed by atoms with E-state index in [1.165, 1.54) is 37.0 Å². The van der Waals surface area contributed by atoms with Crippen LogP contribution in [0.3, 0.4) is 0 Å². The highest BCUT2D eigenvalue weighted by molar-refractivity contribution is 7.07. The van der Waals surface area contributed by atoms with Gasteiger partial charge in [-0.15, -0.1) is 0 Å². The SMILES string of the molecule is COC(=O)C1=C(C)N=c2sc(=Cc3cc(OC)ccc3OC)c(=O)n2C1c1ccc(OC(C)=O)c(OC)c1. The maximum Gasteiger partial charge on any atom is 0.338 e. The van der Waals surface area contributed by atoms with Crippen molar-refractivity contribution in [2.75, 3.05) is 28.4 Å². The van der Waals surface area contributed by atoms with Gasteiger partial charge in [0.2, 0.25) is 0 Å². The van der Waals surface area contributed by atoms with Gasteiger partial charge in [-0.2, -0.15) is 0 Å². The van der Waals surface area contributed by atoms with Gasteiger partial charge in [0.25, 0.3) is 5.56 Å². The zero-order chi connectivity index (χ0) is 27.6. The van der Waals surface area contributed by atoms with Crippen LogP contribution in [0.15, 0.2) is 57.5 Å². The largest absolute Gasteiger partial charge is 0.497 e. The molecule has 0 saturated carbocycles. The fraction of sp³-hybridized carbons (Fsp3) is 0.259. The predicted octanol–water partition coefficient (Wildman–Crippen LogP) is 2.36. The molecule has 0 N–H and O–H groups in total. The molecule has 1 aliphatic heterocycles. The van der Waals surface area contributed by atoms with Crippen LogP contribution in [-0.4, -0.2) is 44.9 Å². The quantitative estimate of drug-likeness (QED) is 0.333. The van der Waals surface area contributed by atoms with Crippen LogP contribution in [0.5, 0.6) is 23.0 Å². The second-order valence-electron chi connectivity index (χ2n) is 8.19. The van der Waals surface area contributed by atoms with Crippen LogP contribution in [0.2, 0.25) is 0 Å². The van der Waals surface area contributed by atoms with Crippen LogP contribution in [-0.2, 0) is 14.3 Å². The summed E-state index contributed by atoms with van der Waals surface area (Å²) in [6.45, 7) is 2.97. The minimum Gasteiger partial charge on any atom is -0.497 e. The Bertz CT molecular complexity index is 1630. The van der Waals surface area contributed by atoms with E-state index < -0.39 is 18.0 Å². The van der Waals surface area contributed by atoms with Crippen LogP contribution < -0.4 is 33.8 Å². The minimum absolute atomic E-state index is 0.202. The number of benzene rings is 2. The number of nitrogens with zero attached hydrogens (tertiary/aromatic N) is 2. The van der Waals surface area contributed by atoms with Crippen LogP contribution in [0, 0.1) is 0 Å². The van der Waals surface area contributed by atoms with Crippen LogP contribution >= 0.6 is 11.3 Å². The van der Waals surface area contributed by atoms with Crippen molar-refractivity contribution in [2.45, 2.75) is 19.9 Å². The number of hydrogen-bond acceptors (Lipinski definition) is 10. The Kier molecular flexibility index (Phi) is 7.67. The third kappa shape index (κ3) is 4.92. The number of rotatable bonds is 7. The molecular weight excluding hydrogens is 512 g/mol. The predicted molar refractivity (Wildman–Crippen MR) is 140 cm³/mol. The summed E-state index contributed by atoms with van der Waals surface area (Å²) in [6, 6.07) is 9.24. The van der Waals surface area contributed by atoms with Gasteiger partial charge in [-0.25, -0.2) is 9.79 Å². The first kappa shape index (κ1) is 26.7.